The van der Waals surface area contributed by atoms with Crippen molar-refractivity contribution in [2.75, 3.05) is 5.73 Å². The number of pyridine rings is 1. The van der Waals surface area contributed by atoms with Crippen molar-refractivity contribution in [3.05, 3.63) is 18.3 Å². The summed E-state index contributed by atoms with van der Waals surface area (Å²) in [7, 11) is 0. The Morgan fingerprint density at radius 2 is 2.47 bits per heavy atom. The van der Waals surface area contributed by atoms with E-state index in [0.717, 1.165) is 5.03 Å². The van der Waals surface area contributed by atoms with Gasteiger partial charge in [0.15, 0.2) is 0 Å². The van der Waals surface area contributed by atoms with Gasteiger partial charge < -0.3 is 5.73 Å². The third kappa shape index (κ3) is 3.77. The van der Waals surface area contributed by atoms with Crippen LogP contribution in [0.3, 0.4) is 0 Å². The summed E-state index contributed by atoms with van der Waals surface area (Å²) in [6, 6.07) is 3.56. The quantitative estimate of drug-likeness (QED) is 0.301. The number of nitrogens with two attached hydrogens (primary N) is 2. The summed E-state index contributed by atoms with van der Waals surface area (Å²) < 4.78 is 0. The Morgan fingerprint density at radius 1 is 1.73 bits per heavy atom. The van der Waals surface area contributed by atoms with Gasteiger partial charge in [-0.05, 0) is 12.1 Å². The van der Waals surface area contributed by atoms with E-state index < -0.39 is 0 Å². The molecule has 0 radical (unpaired) electrons. The molecule has 5 N–H and O–H groups in total. The molecule has 1 rings (SSSR count). The normalized spacial score (nSPS) is 12.1. The number of nitrogens with one attached hydrogen (secondary N) is 1. The van der Waals surface area contributed by atoms with Crippen LogP contribution in [-0.4, -0.2) is 16.1 Å². The average molecular weight is 226 g/mol. The monoisotopic (exact) mass is 226 g/mol. The van der Waals surface area contributed by atoms with Gasteiger partial charge in [0.2, 0.25) is 5.91 Å². The summed E-state index contributed by atoms with van der Waals surface area (Å²) in [5, 5.41) is 0.834. The summed E-state index contributed by atoms with van der Waals surface area (Å²) in [5.41, 5.74) is 8.44. The predicted octanol–water partition coefficient (Wildman–Crippen LogP) is 0.524. The fraction of sp³-hybridized carbons (Fsp3) is 0.333. The number of carbonyl (C=O) groups excluding carboxylic acids is 1. The van der Waals surface area contributed by atoms with Crippen LogP contribution in [0.5, 0.6) is 0 Å². The summed E-state index contributed by atoms with van der Waals surface area (Å²) in [4.78, 5) is 15.1. The molecule has 0 aliphatic heterocycles. The van der Waals surface area contributed by atoms with Crippen molar-refractivity contribution in [3.8, 4) is 0 Å². The average Bonchev–Trinajstić information content (AvgIpc) is 2.21. The van der Waals surface area contributed by atoms with Gasteiger partial charge in [0.25, 0.3) is 0 Å². The first kappa shape index (κ1) is 11.8. The molecule has 0 spiro atoms. The van der Waals surface area contributed by atoms with E-state index in [1.54, 1.807) is 18.3 Å². The van der Waals surface area contributed by atoms with E-state index in [-0.39, 0.29) is 11.2 Å². The Bertz CT molecular complexity index is 345. The molecular formula is C9H14N4OS. The topological polar surface area (TPSA) is 94.0 Å². The molecule has 6 heteroatoms. The maximum atomic E-state index is 11.0. The van der Waals surface area contributed by atoms with Crippen LogP contribution in [0, 0.1) is 0 Å². The van der Waals surface area contributed by atoms with Crippen molar-refractivity contribution < 1.29 is 4.79 Å². The molecular weight excluding hydrogens is 212 g/mol. The molecule has 1 unspecified atom stereocenters. The minimum atomic E-state index is -0.190. The fourth-order valence-electron chi connectivity index (χ4n) is 1.05. The van der Waals surface area contributed by atoms with E-state index in [9.17, 15) is 4.79 Å². The van der Waals surface area contributed by atoms with Crippen LogP contribution >= 0.6 is 11.8 Å². The Balaban J connectivity index is 2.55. The van der Waals surface area contributed by atoms with Crippen molar-refractivity contribution in [3.63, 3.8) is 0 Å². The first-order valence-corrected chi connectivity index (χ1v) is 5.38. The zero-order valence-corrected chi connectivity index (χ0v) is 9.25. The standard InChI is InChI=1S/C9H14N4OS/c1-6(5-8(14)13-11)15-9-7(10)3-2-4-12-9/h2-4,6H,5,10-11H2,1H3,(H,13,14). The minimum Gasteiger partial charge on any atom is -0.397 e. The second-order valence-corrected chi connectivity index (χ2v) is 4.53. The highest BCUT2D eigenvalue weighted by Gasteiger charge is 2.11. The predicted molar refractivity (Wildman–Crippen MR) is 60.9 cm³/mol. The fourth-order valence-corrected chi connectivity index (χ4v) is 2.00. The summed E-state index contributed by atoms with van der Waals surface area (Å²) in [6.07, 6.45) is 2.02. The van der Waals surface area contributed by atoms with Crippen molar-refractivity contribution in [2.24, 2.45) is 5.84 Å². The lowest BCUT2D eigenvalue weighted by molar-refractivity contribution is -0.121. The Hall–Kier alpha value is -1.27. The molecule has 0 aromatic carbocycles. The van der Waals surface area contributed by atoms with E-state index in [1.807, 2.05) is 6.92 Å². The lowest BCUT2D eigenvalue weighted by Gasteiger charge is -2.10. The van der Waals surface area contributed by atoms with E-state index >= 15 is 0 Å². The lowest BCUT2D eigenvalue weighted by atomic mass is 10.3. The van der Waals surface area contributed by atoms with E-state index in [2.05, 4.69) is 10.4 Å². The lowest BCUT2D eigenvalue weighted by Crippen LogP contribution is -2.31. The van der Waals surface area contributed by atoms with Crippen LogP contribution in [0.15, 0.2) is 23.4 Å². The number of hydrogen-bond donors (Lipinski definition) is 3. The first-order chi connectivity index (χ1) is 7.13. The van der Waals surface area contributed by atoms with Crippen molar-refractivity contribution in [2.45, 2.75) is 23.6 Å². The maximum Gasteiger partial charge on any atom is 0.234 e. The second-order valence-electron chi connectivity index (χ2n) is 3.10. The molecule has 0 bridgehead atoms. The van der Waals surface area contributed by atoms with E-state index in [1.165, 1.54) is 11.8 Å². The summed E-state index contributed by atoms with van der Waals surface area (Å²) >= 11 is 1.46. The van der Waals surface area contributed by atoms with Crippen molar-refractivity contribution in [1.82, 2.24) is 10.4 Å². The number of carbonyl (C=O) groups is 1. The van der Waals surface area contributed by atoms with Crippen LogP contribution < -0.4 is 17.0 Å². The minimum absolute atomic E-state index is 0.0887. The number of hydrazine groups is 1. The largest absolute Gasteiger partial charge is 0.397 e. The molecule has 15 heavy (non-hydrogen) atoms. The van der Waals surface area contributed by atoms with Crippen LogP contribution in [0.2, 0.25) is 0 Å². The van der Waals surface area contributed by atoms with Crippen LogP contribution in [-0.2, 0) is 4.79 Å². The molecule has 5 nitrogen and oxygen atoms in total. The van der Waals surface area contributed by atoms with Gasteiger partial charge in [-0.3, -0.25) is 10.2 Å². The van der Waals surface area contributed by atoms with Crippen LogP contribution in [0.25, 0.3) is 0 Å². The van der Waals surface area contributed by atoms with Crippen molar-refractivity contribution in [1.29, 1.82) is 0 Å². The highest BCUT2D eigenvalue weighted by Crippen LogP contribution is 2.27. The molecule has 0 saturated heterocycles. The zero-order chi connectivity index (χ0) is 11.3. The zero-order valence-electron chi connectivity index (χ0n) is 8.43. The van der Waals surface area contributed by atoms with Crippen LogP contribution in [0.4, 0.5) is 5.69 Å². The van der Waals surface area contributed by atoms with Gasteiger partial charge >= 0.3 is 0 Å². The number of anilines is 1. The molecule has 1 aromatic rings. The number of rotatable bonds is 4. The smallest absolute Gasteiger partial charge is 0.234 e. The SMILES string of the molecule is CC(CC(=O)NN)Sc1ncccc1N. The van der Waals surface area contributed by atoms with Gasteiger partial charge in [-0.2, -0.15) is 0 Å². The summed E-state index contributed by atoms with van der Waals surface area (Å²) in [6.45, 7) is 1.92. The maximum absolute atomic E-state index is 11.0. The highest BCUT2D eigenvalue weighted by atomic mass is 32.2. The molecule has 1 aromatic heterocycles. The van der Waals surface area contributed by atoms with Crippen LogP contribution in [0.1, 0.15) is 13.3 Å². The number of hydrogen-bond acceptors (Lipinski definition) is 5. The third-order valence-electron chi connectivity index (χ3n) is 1.75. The Kier molecular flexibility index (Phi) is 4.38. The van der Waals surface area contributed by atoms with E-state index in [4.69, 9.17) is 11.6 Å². The first-order valence-electron chi connectivity index (χ1n) is 4.50. The number of aromatic nitrogens is 1. The van der Waals surface area contributed by atoms with E-state index in [0.29, 0.717) is 12.1 Å². The Labute approximate surface area is 92.6 Å². The molecule has 1 heterocycles. The molecule has 0 saturated carbocycles. The van der Waals surface area contributed by atoms with Gasteiger partial charge in [-0.15, -0.1) is 11.8 Å². The van der Waals surface area contributed by atoms with Gasteiger partial charge in [0.1, 0.15) is 5.03 Å². The second kappa shape index (κ2) is 5.57. The number of thioether (sulfide) groups is 1. The van der Waals surface area contributed by atoms with Gasteiger partial charge in [-0.25, -0.2) is 10.8 Å². The molecule has 0 aliphatic carbocycles. The number of nitrogen functional groups attached to an aromatic ring is 1. The van der Waals surface area contributed by atoms with Gasteiger partial charge in [0.05, 0.1) is 5.69 Å². The van der Waals surface area contributed by atoms with Gasteiger partial charge in [0, 0.05) is 17.9 Å². The summed E-state index contributed by atoms with van der Waals surface area (Å²) in [5.74, 6) is 4.80. The number of amides is 1. The third-order valence-corrected chi connectivity index (χ3v) is 2.88. The molecule has 0 fully saturated rings. The highest BCUT2D eigenvalue weighted by molar-refractivity contribution is 8.00. The molecule has 0 aliphatic rings. The molecule has 1 atom stereocenters. The Morgan fingerprint density at radius 3 is 3.07 bits per heavy atom. The van der Waals surface area contributed by atoms with Gasteiger partial charge in [-0.1, -0.05) is 6.92 Å². The van der Waals surface area contributed by atoms with Crippen molar-refractivity contribution >= 4 is 23.4 Å². The number of nitrogens with zero attached hydrogens (tertiary/aromatic N) is 1. The molecule has 1 amide bonds. The molecule has 82 valence electrons.